The summed E-state index contributed by atoms with van der Waals surface area (Å²) in [6.07, 6.45) is 1.36. The third-order valence-corrected chi connectivity index (χ3v) is 7.47. The first-order chi connectivity index (χ1) is 18.5. The zero-order chi connectivity index (χ0) is 26.8. The van der Waals surface area contributed by atoms with Crippen LogP contribution in [0.15, 0.2) is 54.6 Å². The zero-order valence-electron chi connectivity index (χ0n) is 22.1. The molecule has 0 unspecified atom stereocenters. The number of methoxy groups -OCH3 is 4. The number of carbonyl (C=O) groups excluding carboxylic acids is 2. The molecule has 0 bridgehead atoms. The predicted molar refractivity (Wildman–Crippen MR) is 142 cm³/mol. The summed E-state index contributed by atoms with van der Waals surface area (Å²) >= 11 is 0. The largest absolute Gasteiger partial charge is 0.493 e. The SMILES string of the molecule is COc1ccc(CCNC(=O)[C@H]2c3cc(OC)c(OC)cc3C(=O)N3CCc4ccccc4[C@@H]23)cc1OC. The lowest BCUT2D eigenvalue weighted by Crippen LogP contribution is -2.50. The van der Waals surface area contributed by atoms with E-state index in [1.165, 1.54) is 7.11 Å². The molecular formula is C30H32N2O6. The van der Waals surface area contributed by atoms with Gasteiger partial charge in [-0.3, -0.25) is 9.59 Å². The Morgan fingerprint density at radius 1 is 0.868 bits per heavy atom. The number of hydrogen-bond donors (Lipinski definition) is 1. The smallest absolute Gasteiger partial charge is 0.254 e. The number of fused-ring (bicyclic) bond motifs is 4. The second-order valence-electron chi connectivity index (χ2n) is 9.39. The van der Waals surface area contributed by atoms with Crippen LogP contribution in [0.2, 0.25) is 0 Å². The van der Waals surface area contributed by atoms with Crippen LogP contribution in [0.1, 0.15) is 44.6 Å². The summed E-state index contributed by atoms with van der Waals surface area (Å²) in [4.78, 5) is 29.4. The summed E-state index contributed by atoms with van der Waals surface area (Å²) in [6, 6.07) is 16.9. The van der Waals surface area contributed by atoms with Crippen LogP contribution in [0, 0.1) is 0 Å². The molecule has 2 aliphatic rings. The van der Waals surface area contributed by atoms with Crippen molar-refractivity contribution in [2.45, 2.75) is 24.8 Å². The third kappa shape index (κ3) is 4.40. The number of nitrogens with zero attached hydrogens (tertiary/aromatic N) is 1. The minimum Gasteiger partial charge on any atom is -0.493 e. The Balaban J connectivity index is 1.49. The molecule has 0 spiro atoms. The maximum Gasteiger partial charge on any atom is 0.254 e. The molecule has 8 nitrogen and oxygen atoms in total. The van der Waals surface area contributed by atoms with E-state index in [0.717, 1.165) is 23.1 Å². The number of nitrogens with one attached hydrogen (secondary N) is 1. The highest BCUT2D eigenvalue weighted by Gasteiger charge is 2.46. The number of ether oxygens (including phenoxy) is 4. The molecule has 8 heteroatoms. The molecule has 3 aromatic rings. The van der Waals surface area contributed by atoms with Crippen molar-refractivity contribution >= 4 is 11.8 Å². The van der Waals surface area contributed by atoms with Gasteiger partial charge in [0.05, 0.1) is 40.4 Å². The summed E-state index contributed by atoms with van der Waals surface area (Å²) in [5.41, 5.74) is 4.30. The molecule has 1 N–H and O–H groups in total. The molecule has 0 saturated carbocycles. The van der Waals surface area contributed by atoms with E-state index in [1.54, 1.807) is 33.5 Å². The van der Waals surface area contributed by atoms with Gasteiger partial charge in [0, 0.05) is 18.7 Å². The van der Waals surface area contributed by atoms with Gasteiger partial charge in [-0.15, -0.1) is 0 Å². The maximum atomic E-state index is 13.9. The fourth-order valence-corrected chi connectivity index (χ4v) is 5.61. The summed E-state index contributed by atoms with van der Waals surface area (Å²) in [7, 11) is 6.29. The number of amides is 2. The van der Waals surface area contributed by atoms with Crippen LogP contribution in [0.4, 0.5) is 0 Å². The average Bonchev–Trinajstić information content (AvgIpc) is 2.96. The van der Waals surface area contributed by atoms with Gasteiger partial charge in [-0.2, -0.15) is 0 Å². The lowest BCUT2D eigenvalue weighted by Gasteiger charge is -2.45. The second kappa shape index (κ2) is 10.7. The van der Waals surface area contributed by atoms with E-state index in [9.17, 15) is 9.59 Å². The van der Waals surface area contributed by atoms with E-state index in [2.05, 4.69) is 11.4 Å². The molecule has 2 aliphatic heterocycles. The van der Waals surface area contributed by atoms with Gasteiger partial charge < -0.3 is 29.2 Å². The van der Waals surface area contributed by atoms with Gasteiger partial charge >= 0.3 is 0 Å². The van der Waals surface area contributed by atoms with Crippen LogP contribution in [-0.4, -0.2) is 58.2 Å². The molecule has 0 radical (unpaired) electrons. The summed E-state index contributed by atoms with van der Waals surface area (Å²) in [6.45, 7) is 0.972. The van der Waals surface area contributed by atoms with Gasteiger partial charge in [0.2, 0.25) is 5.91 Å². The average molecular weight is 517 g/mol. The van der Waals surface area contributed by atoms with Crippen molar-refractivity contribution in [2.75, 3.05) is 41.5 Å². The first-order valence-corrected chi connectivity index (χ1v) is 12.6. The molecule has 2 heterocycles. The highest BCUT2D eigenvalue weighted by atomic mass is 16.5. The van der Waals surface area contributed by atoms with Crippen LogP contribution >= 0.6 is 0 Å². The minimum atomic E-state index is -0.602. The highest BCUT2D eigenvalue weighted by Crippen LogP contribution is 2.48. The van der Waals surface area contributed by atoms with E-state index >= 15 is 0 Å². The zero-order valence-corrected chi connectivity index (χ0v) is 22.1. The predicted octanol–water partition coefficient (Wildman–Crippen LogP) is 3.92. The van der Waals surface area contributed by atoms with Gasteiger partial charge in [0.1, 0.15) is 0 Å². The Kier molecular flexibility index (Phi) is 7.13. The summed E-state index contributed by atoms with van der Waals surface area (Å²) < 4.78 is 21.8. The molecule has 198 valence electrons. The van der Waals surface area contributed by atoms with Gasteiger partial charge in [-0.1, -0.05) is 30.3 Å². The molecule has 0 aromatic heterocycles. The van der Waals surface area contributed by atoms with E-state index in [0.29, 0.717) is 53.6 Å². The van der Waals surface area contributed by atoms with Crippen molar-refractivity contribution < 1.29 is 28.5 Å². The molecule has 3 aromatic carbocycles. The van der Waals surface area contributed by atoms with E-state index in [1.807, 2.05) is 41.3 Å². The molecule has 38 heavy (non-hydrogen) atoms. The van der Waals surface area contributed by atoms with Crippen molar-refractivity contribution in [2.24, 2.45) is 0 Å². The Morgan fingerprint density at radius 2 is 1.55 bits per heavy atom. The molecule has 5 rings (SSSR count). The molecule has 0 fully saturated rings. The van der Waals surface area contributed by atoms with Crippen LogP contribution in [0.3, 0.4) is 0 Å². The fraction of sp³-hybridized carbons (Fsp3) is 0.333. The van der Waals surface area contributed by atoms with Crippen molar-refractivity contribution in [3.05, 3.63) is 82.4 Å². The van der Waals surface area contributed by atoms with Gasteiger partial charge in [-0.25, -0.2) is 0 Å². The van der Waals surface area contributed by atoms with Crippen LogP contribution in [0.5, 0.6) is 23.0 Å². The van der Waals surface area contributed by atoms with E-state index in [4.69, 9.17) is 18.9 Å². The first-order valence-electron chi connectivity index (χ1n) is 12.6. The molecular weight excluding hydrogens is 484 g/mol. The number of benzene rings is 3. The summed E-state index contributed by atoms with van der Waals surface area (Å²) in [5, 5.41) is 3.13. The van der Waals surface area contributed by atoms with Crippen molar-refractivity contribution in [1.82, 2.24) is 10.2 Å². The minimum absolute atomic E-state index is 0.102. The summed E-state index contributed by atoms with van der Waals surface area (Å²) in [5.74, 6) is 1.40. The second-order valence-corrected chi connectivity index (χ2v) is 9.39. The maximum absolute atomic E-state index is 13.9. The Morgan fingerprint density at radius 3 is 2.29 bits per heavy atom. The Bertz CT molecular complexity index is 1370. The van der Waals surface area contributed by atoms with Crippen LogP contribution in [0.25, 0.3) is 0 Å². The van der Waals surface area contributed by atoms with Gasteiger partial charge in [0.25, 0.3) is 5.91 Å². The van der Waals surface area contributed by atoms with Crippen molar-refractivity contribution in [1.29, 1.82) is 0 Å². The van der Waals surface area contributed by atoms with Crippen molar-refractivity contribution in [3.8, 4) is 23.0 Å². The molecule has 2 atom stereocenters. The Labute approximate surface area is 222 Å². The number of carbonyl (C=O) groups is 2. The standard InChI is InChI=1S/C30H32N2O6/c1-35-23-10-9-18(15-24(23)36-2)11-13-31-29(33)27-21-16-25(37-3)26(38-4)17-22(21)30(34)32-14-12-19-7-5-6-8-20(19)28(27)32/h5-10,15-17,27-28H,11-14H2,1-4H3,(H,31,33)/t27-,28-/m0/s1. The highest BCUT2D eigenvalue weighted by molar-refractivity contribution is 6.02. The quantitative estimate of drug-likeness (QED) is 0.489. The third-order valence-electron chi connectivity index (χ3n) is 7.47. The van der Waals surface area contributed by atoms with Crippen molar-refractivity contribution in [3.63, 3.8) is 0 Å². The molecule has 0 saturated heterocycles. The first kappa shape index (κ1) is 25.4. The fourth-order valence-electron chi connectivity index (χ4n) is 5.61. The van der Waals surface area contributed by atoms with Crippen LogP contribution in [-0.2, 0) is 17.6 Å². The topological polar surface area (TPSA) is 86.3 Å². The lowest BCUT2D eigenvalue weighted by atomic mass is 9.75. The number of hydrogen-bond acceptors (Lipinski definition) is 6. The monoisotopic (exact) mass is 516 g/mol. The normalized spacial score (nSPS) is 17.6. The Hall–Kier alpha value is -4.20. The number of rotatable bonds is 8. The van der Waals surface area contributed by atoms with Crippen LogP contribution < -0.4 is 24.3 Å². The molecule has 0 aliphatic carbocycles. The van der Waals surface area contributed by atoms with E-state index in [-0.39, 0.29) is 11.8 Å². The van der Waals surface area contributed by atoms with Gasteiger partial charge in [0.15, 0.2) is 23.0 Å². The van der Waals surface area contributed by atoms with E-state index < -0.39 is 12.0 Å². The molecule has 2 amide bonds. The lowest BCUT2D eigenvalue weighted by molar-refractivity contribution is -0.124. The van der Waals surface area contributed by atoms with Gasteiger partial charge in [-0.05, 0) is 59.4 Å².